The number of aromatic nitrogens is 1. The first kappa shape index (κ1) is 29.1. The minimum Gasteiger partial charge on any atom is -0.483 e. The summed E-state index contributed by atoms with van der Waals surface area (Å²) in [7, 11) is 2.99. The summed E-state index contributed by atoms with van der Waals surface area (Å²) in [6.45, 7) is 5.01. The SMILES string of the molecule is C=C1CCN(C(=O)C(=O)N(C)C)Cc2c1c(=O)c(OCc1ccccc1)c1n2CCN(Cc2ccc(F)c(Cl)c2)C1=O. The van der Waals surface area contributed by atoms with Gasteiger partial charge in [-0.1, -0.05) is 54.6 Å². The van der Waals surface area contributed by atoms with Crippen LogP contribution in [-0.2, 0) is 35.8 Å². The summed E-state index contributed by atoms with van der Waals surface area (Å²) in [5.41, 5.74) is 2.21. The van der Waals surface area contributed by atoms with E-state index in [1.54, 1.807) is 15.5 Å². The van der Waals surface area contributed by atoms with Gasteiger partial charge in [0.25, 0.3) is 5.91 Å². The summed E-state index contributed by atoms with van der Waals surface area (Å²) in [6.07, 6.45) is 0.275. The first-order chi connectivity index (χ1) is 20.1. The minimum atomic E-state index is -0.705. The molecule has 0 bridgehead atoms. The van der Waals surface area contributed by atoms with Gasteiger partial charge < -0.3 is 24.0 Å². The number of ether oxygens (including phenoxy) is 1. The van der Waals surface area contributed by atoms with E-state index in [4.69, 9.17) is 16.3 Å². The lowest BCUT2D eigenvalue weighted by molar-refractivity contribution is -0.150. The number of hydrogen-bond acceptors (Lipinski definition) is 5. The van der Waals surface area contributed by atoms with E-state index >= 15 is 0 Å². The Bertz CT molecular complexity index is 1650. The van der Waals surface area contributed by atoms with Gasteiger partial charge in [-0.15, -0.1) is 0 Å². The average molecular weight is 593 g/mol. The fraction of sp³-hybridized carbons (Fsp3) is 0.290. The lowest BCUT2D eigenvalue weighted by Gasteiger charge is -2.34. The Kier molecular flexibility index (Phi) is 8.17. The monoisotopic (exact) mass is 592 g/mol. The maximum absolute atomic E-state index is 14.1. The van der Waals surface area contributed by atoms with Gasteiger partial charge in [-0.2, -0.15) is 0 Å². The zero-order chi connectivity index (χ0) is 30.1. The molecule has 2 aliphatic heterocycles. The van der Waals surface area contributed by atoms with Crippen LogP contribution >= 0.6 is 11.6 Å². The molecular weight excluding hydrogens is 563 g/mol. The maximum Gasteiger partial charge on any atom is 0.312 e. The number of likely N-dealkylation sites (N-methyl/N-ethyl adjacent to an activating group) is 1. The normalized spacial score (nSPS) is 14.7. The van der Waals surface area contributed by atoms with Crippen LogP contribution in [0.4, 0.5) is 4.39 Å². The molecule has 3 aromatic rings. The molecule has 5 rings (SSSR count). The lowest BCUT2D eigenvalue weighted by Crippen LogP contribution is -2.45. The highest BCUT2D eigenvalue weighted by molar-refractivity contribution is 6.34. The molecule has 0 atom stereocenters. The molecule has 218 valence electrons. The molecule has 0 N–H and O–H groups in total. The van der Waals surface area contributed by atoms with Crippen molar-refractivity contribution in [3.63, 3.8) is 0 Å². The van der Waals surface area contributed by atoms with Crippen molar-refractivity contribution in [1.82, 2.24) is 19.3 Å². The molecule has 1 aromatic heterocycles. The van der Waals surface area contributed by atoms with E-state index in [1.807, 2.05) is 30.3 Å². The molecule has 9 nitrogen and oxygen atoms in total. The minimum absolute atomic E-state index is 0.0468. The van der Waals surface area contributed by atoms with Crippen LogP contribution in [0.15, 0.2) is 59.9 Å². The van der Waals surface area contributed by atoms with E-state index < -0.39 is 29.0 Å². The number of carbonyl (C=O) groups is 3. The van der Waals surface area contributed by atoms with Gasteiger partial charge >= 0.3 is 11.8 Å². The predicted octanol–water partition coefficient (Wildman–Crippen LogP) is 3.71. The molecule has 11 heteroatoms. The van der Waals surface area contributed by atoms with Crippen molar-refractivity contribution in [2.75, 3.05) is 27.2 Å². The van der Waals surface area contributed by atoms with E-state index in [2.05, 4.69) is 6.58 Å². The number of amides is 3. The molecular formula is C31H30ClFN4O5. The van der Waals surface area contributed by atoms with Crippen molar-refractivity contribution in [1.29, 1.82) is 0 Å². The number of pyridine rings is 1. The highest BCUT2D eigenvalue weighted by Gasteiger charge is 2.37. The van der Waals surface area contributed by atoms with Crippen molar-refractivity contribution in [2.45, 2.75) is 32.7 Å². The summed E-state index contributed by atoms with van der Waals surface area (Å²) >= 11 is 5.97. The average Bonchev–Trinajstić information content (AvgIpc) is 3.15. The number of rotatable bonds is 5. The number of hydrogen-bond donors (Lipinski definition) is 0. The smallest absolute Gasteiger partial charge is 0.312 e. The van der Waals surface area contributed by atoms with Crippen LogP contribution < -0.4 is 10.2 Å². The third-order valence-electron chi connectivity index (χ3n) is 7.45. The summed E-state index contributed by atoms with van der Waals surface area (Å²) < 4.78 is 21.6. The van der Waals surface area contributed by atoms with Gasteiger partial charge in [0.15, 0.2) is 11.4 Å². The van der Waals surface area contributed by atoms with Crippen molar-refractivity contribution >= 4 is 34.9 Å². The first-order valence-electron chi connectivity index (χ1n) is 13.4. The number of benzene rings is 2. The maximum atomic E-state index is 14.1. The number of carbonyl (C=O) groups excluding carboxylic acids is 3. The lowest BCUT2D eigenvalue weighted by atomic mass is 10.00. The largest absolute Gasteiger partial charge is 0.483 e. The molecule has 3 heterocycles. The van der Waals surface area contributed by atoms with Crippen molar-refractivity contribution in [3.05, 3.63) is 104 Å². The van der Waals surface area contributed by atoms with Crippen LogP contribution in [0.2, 0.25) is 5.02 Å². The Morgan fingerprint density at radius 1 is 1.05 bits per heavy atom. The van der Waals surface area contributed by atoms with E-state index in [1.165, 1.54) is 36.0 Å². The van der Waals surface area contributed by atoms with Crippen LogP contribution in [0.5, 0.6) is 5.75 Å². The second-order valence-corrected chi connectivity index (χ2v) is 10.9. The van der Waals surface area contributed by atoms with Crippen LogP contribution in [-0.4, -0.2) is 64.2 Å². The van der Waals surface area contributed by atoms with Gasteiger partial charge in [0, 0.05) is 51.5 Å². The Balaban J connectivity index is 1.60. The first-order valence-corrected chi connectivity index (χ1v) is 13.8. The third kappa shape index (κ3) is 5.54. The fourth-order valence-electron chi connectivity index (χ4n) is 5.23. The molecule has 42 heavy (non-hydrogen) atoms. The van der Waals surface area contributed by atoms with Crippen molar-refractivity contribution in [3.8, 4) is 5.75 Å². The number of fused-ring (bicyclic) bond motifs is 3. The number of nitrogens with zero attached hydrogens (tertiary/aromatic N) is 4. The molecule has 0 unspecified atom stereocenters. The van der Waals surface area contributed by atoms with Crippen LogP contribution in [0.1, 0.15) is 39.3 Å². The van der Waals surface area contributed by atoms with Gasteiger partial charge in [0.2, 0.25) is 5.43 Å². The van der Waals surface area contributed by atoms with E-state index in [0.717, 1.165) is 5.56 Å². The van der Waals surface area contributed by atoms with E-state index in [9.17, 15) is 23.6 Å². The Hall–Kier alpha value is -4.44. The summed E-state index contributed by atoms with van der Waals surface area (Å²) in [6, 6.07) is 13.5. The van der Waals surface area contributed by atoms with E-state index in [0.29, 0.717) is 22.4 Å². The molecule has 0 fully saturated rings. The van der Waals surface area contributed by atoms with Gasteiger partial charge in [-0.3, -0.25) is 19.2 Å². The highest BCUT2D eigenvalue weighted by atomic mass is 35.5. The van der Waals surface area contributed by atoms with Crippen LogP contribution in [0.25, 0.3) is 5.57 Å². The van der Waals surface area contributed by atoms with Gasteiger partial charge in [0.05, 0.1) is 11.6 Å². The van der Waals surface area contributed by atoms with Gasteiger partial charge in [0.1, 0.15) is 12.4 Å². The Morgan fingerprint density at radius 3 is 2.48 bits per heavy atom. The molecule has 2 aromatic carbocycles. The zero-order valence-corrected chi connectivity index (χ0v) is 24.1. The second-order valence-electron chi connectivity index (χ2n) is 10.5. The molecule has 0 aliphatic carbocycles. The van der Waals surface area contributed by atoms with E-state index in [-0.39, 0.29) is 62.2 Å². The summed E-state index contributed by atoms with van der Waals surface area (Å²) in [5, 5.41) is -0.0543. The molecule has 0 saturated heterocycles. The molecule has 0 radical (unpaired) electrons. The van der Waals surface area contributed by atoms with Gasteiger partial charge in [-0.25, -0.2) is 4.39 Å². The molecule has 3 amide bonds. The standard InChI is InChI=1S/C31H30ClFN4O5/c1-19-11-12-35(31(41)30(40)34(2)3)17-24-25(19)27(38)28(42-18-20-7-5-4-6-8-20)26-29(39)36(13-14-37(24)26)16-21-9-10-23(33)22(32)15-21/h4-10,15H,1,11-14,16-18H2,2-3H3. The van der Waals surface area contributed by atoms with Crippen molar-refractivity contribution < 1.29 is 23.5 Å². The third-order valence-corrected chi connectivity index (χ3v) is 7.74. The van der Waals surface area contributed by atoms with Crippen LogP contribution in [0.3, 0.4) is 0 Å². The molecule has 0 spiro atoms. The van der Waals surface area contributed by atoms with Crippen molar-refractivity contribution in [2.24, 2.45) is 0 Å². The predicted molar refractivity (Wildman–Crippen MR) is 155 cm³/mol. The molecule has 0 saturated carbocycles. The quantitative estimate of drug-likeness (QED) is 0.421. The Morgan fingerprint density at radius 2 is 1.79 bits per heavy atom. The van der Waals surface area contributed by atoms with Gasteiger partial charge in [-0.05, 0) is 35.3 Å². The summed E-state index contributed by atoms with van der Waals surface area (Å²) in [4.78, 5) is 57.8. The highest BCUT2D eigenvalue weighted by Crippen LogP contribution is 2.32. The van der Waals surface area contributed by atoms with Crippen LogP contribution in [0, 0.1) is 5.82 Å². The Labute approximate surface area is 247 Å². The fourth-order valence-corrected chi connectivity index (χ4v) is 5.44. The second kappa shape index (κ2) is 11.8. The summed E-state index contributed by atoms with van der Waals surface area (Å²) in [5.74, 6) is -2.51. The molecule has 2 aliphatic rings. The number of halogens is 2. The topological polar surface area (TPSA) is 92.2 Å². The zero-order valence-electron chi connectivity index (χ0n) is 23.4.